The van der Waals surface area contributed by atoms with Crippen LogP contribution in [-0.2, 0) is 14.5 Å². The van der Waals surface area contributed by atoms with Crippen LogP contribution in [0.5, 0.6) is 0 Å². The van der Waals surface area contributed by atoms with Crippen LogP contribution in [0.1, 0.15) is 20.8 Å². The summed E-state index contributed by atoms with van der Waals surface area (Å²) in [6.45, 7) is 5.13. The fourth-order valence-corrected chi connectivity index (χ4v) is 2.17. The van der Waals surface area contributed by atoms with Gasteiger partial charge in [0, 0.05) is 12.5 Å². The van der Waals surface area contributed by atoms with Crippen LogP contribution in [0.15, 0.2) is 27.6 Å². The SMILES string of the molecule is CC(C)(C)OC(=O)N=S(C)(=O)c1ccc(Cl)nc1. The highest BCUT2D eigenvalue weighted by Crippen LogP contribution is 2.15. The number of pyridine rings is 1. The van der Waals surface area contributed by atoms with E-state index < -0.39 is 21.4 Å². The predicted molar refractivity (Wildman–Crippen MR) is 70.2 cm³/mol. The van der Waals surface area contributed by atoms with Crippen molar-refractivity contribution in [3.05, 3.63) is 23.5 Å². The molecule has 0 aliphatic heterocycles. The maximum absolute atomic E-state index is 12.2. The lowest BCUT2D eigenvalue weighted by Crippen LogP contribution is -2.22. The lowest BCUT2D eigenvalue weighted by Gasteiger charge is -2.17. The molecule has 1 amide bonds. The zero-order chi connectivity index (χ0) is 14.0. The largest absolute Gasteiger partial charge is 0.442 e. The Morgan fingerprint density at radius 3 is 2.50 bits per heavy atom. The monoisotopic (exact) mass is 290 g/mol. The second kappa shape index (κ2) is 5.24. The summed E-state index contributed by atoms with van der Waals surface area (Å²) >= 11 is 5.63. The van der Waals surface area contributed by atoms with Gasteiger partial charge in [-0.1, -0.05) is 11.6 Å². The Labute approximate surface area is 112 Å². The Balaban J connectivity index is 3.03. The van der Waals surface area contributed by atoms with Crippen molar-refractivity contribution in [3.63, 3.8) is 0 Å². The molecule has 0 aliphatic rings. The summed E-state index contributed by atoms with van der Waals surface area (Å²) in [5.74, 6) is 0. The summed E-state index contributed by atoms with van der Waals surface area (Å²) in [7, 11) is -2.87. The standard InChI is InChI=1S/C11H15ClN2O3S/c1-11(2,3)17-10(15)14-18(4,16)8-5-6-9(12)13-7-8/h5-7H,1-4H3. The fourth-order valence-electron chi connectivity index (χ4n) is 1.06. The van der Waals surface area contributed by atoms with E-state index in [1.165, 1.54) is 24.6 Å². The van der Waals surface area contributed by atoms with E-state index in [4.69, 9.17) is 16.3 Å². The van der Waals surface area contributed by atoms with Crippen LogP contribution in [0, 0.1) is 0 Å². The molecule has 7 heteroatoms. The summed E-state index contributed by atoms with van der Waals surface area (Å²) < 4.78 is 20.8. The van der Waals surface area contributed by atoms with Gasteiger partial charge >= 0.3 is 6.09 Å². The number of ether oxygens (including phenoxy) is 1. The molecule has 1 aromatic heterocycles. The van der Waals surface area contributed by atoms with Crippen molar-refractivity contribution in [2.75, 3.05) is 6.26 Å². The van der Waals surface area contributed by atoms with E-state index in [0.717, 1.165) is 0 Å². The molecular weight excluding hydrogens is 276 g/mol. The second-order valence-corrected chi connectivity index (χ2v) is 7.34. The van der Waals surface area contributed by atoms with Gasteiger partial charge in [0.15, 0.2) is 0 Å². The van der Waals surface area contributed by atoms with Gasteiger partial charge < -0.3 is 4.74 Å². The van der Waals surface area contributed by atoms with Crippen molar-refractivity contribution in [2.45, 2.75) is 31.3 Å². The first-order valence-electron chi connectivity index (χ1n) is 5.17. The van der Waals surface area contributed by atoms with Gasteiger partial charge in [0.1, 0.15) is 10.8 Å². The van der Waals surface area contributed by atoms with E-state index in [1.807, 2.05) is 0 Å². The maximum Gasteiger partial charge on any atom is 0.442 e. The van der Waals surface area contributed by atoms with E-state index in [1.54, 1.807) is 20.8 Å². The van der Waals surface area contributed by atoms with Crippen LogP contribution in [-0.4, -0.2) is 27.1 Å². The van der Waals surface area contributed by atoms with Gasteiger partial charge in [-0.3, -0.25) is 0 Å². The first kappa shape index (κ1) is 14.9. The molecule has 0 aromatic carbocycles. The highest BCUT2D eigenvalue weighted by Gasteiger charge is 2.18. The number of hydrogen-bond acceptors (Lipinski definition) is 4. The molecule has 1 unspecified atom stereocenters. The molecule has 1 rings (SSSR count). The van der Waals surface area contributed by atoms with Crippen molar-refractivity contribution in [3.8, 4) is 0 Å². The van der Waals surface area contributed by atoms with Crippen LogP contribution in [0.4, 0.5) is 4.79 Å². The lowest BCUT2D eigenvalue weighted by molar-refractivity contribution is 0.0607. The van der Waals surface area contributed by atoms with Crippen LogP contribution >= 0.6 is 11.6 Å². The highest BCUT2D eigenvalue weighted by molar-refractivity contribution is 7.93. The molecule has 1 atom stereocenters. The molecular formula is C11H15ClN2O3S. The van der Waals surface area contributed by atoms with Gasteiger partial charge in [-0.05, 0) is 32.9 Å². The van der Waals surface area contributed by atoms with Gasteiger partial charge in [0.2, 0.25) is 0 Å². The average molecular weight is 291 g/mol. The van der Waals surface area contributed by atoms with Gasteiger partial charge in [-0.15, -0.1) is 4.36 Å². The zero-order valence-electron chi connectivity index (χ0n) is 10.6. The number of carbonyl (C=O) groups is 1. The second-order valence-electron chi connectivity index (χ2n) is 4.69. The third-order valence-electron chi connectivity index (χ3n) is 1.78. The van der Waals surface area contributed by atoms with Gasteiger partial charge in [-0.25, -0.2) is 14.0 Å². The molecule has 0 saturated heterocycles. The molecule has 5 nitrogen and oxygen atoms in total. The first-order chi connectivity index (χ1) is 8.10. The van der Waals surface area contributed by atoms with Crippen molar-refractivity contribution in [1.82, 2.24) is 4.98 Å². The minimum absolute atomic E-state index is 0.284. The maximum atomic E-state index is 12.2. The third kappa shape index (κ3) is 4.62. The number of amides is 1. The third-order valence-corrected chi connectivity index (χ3v) is 3.62. The van der Waals surface area contributed by atoms with Crippen molar-refractivity contribution >= 4 is 27.4 Å². The fraction of sp³-hybridized carbons (Fsp3) is 0.455. The molecule has 0 fully saturated rings. The summed E-state index contributed by atoms with van der Waals surface area (Å²) in [5, 5.41) is 0.284. The van der Waals surface area contributed by atoms with Gasteiger partial charge in [0.05, 0.1) is 14.6 Å². The predicted octanol–water partition coefficient (Wildman–Crippen LogP) is 3.13. The van der Waals surface area contributed by atoms with E-state index >= 15 is 0 Å². The molecule has 0 N–H and O–H groups in total. The summed E-state index contributed by atoms with van der Waals surface area (Å²) in [5.41, 5.74) is -0.672. The van der Waals surface area contributed by atoms with Crippen molar-refractivity contribution in [2.24, 2.45) is 4.36 Å². The molecule has 18 heavy (non-hydrogen) atoms. The number of hydrogen-bond donors (Lipinski definition) is 0. The van der Waals surface area contributed by atoms with Crippen LogP contribution in [0.2, 0.25) is 5.15 Å². The van der Waals surface area contributed by atoms with E-state index in [9.17, 15) is 9.00 Å². The van der Waals surface area contributed by atoms with E-state index in [2.05, 4.69) is 9.35 Å². The van der Waals surface area contributed by atoms with Gasteiger partial charge in [0.25, 0.3) is 0 Å². The molecule has 0 spiro atoms. The highest BCUT2D eigenvalue weighted by atomic mass is 35.5. The first-order valence-corrected chi connectivity index (χ1v) is 7.47. The quantitative estimate of drug-likeness (QED) is 0.745. The lowest BCUT2D eigenvalue weighted by atomic mass is 10.2. The number of carbonyl (C=O) groups excluding carboxylic acids is 1. The number of nitrogens with zero attached hydrogens (tertiary/aromatic N) is 2. The molecule has 1 aromatic rings. The molecule has 0 aliphatic carbocycles. The molecule has 0 bridgehead atoms. The Kier molecular flexibility index (Phi) is 4.34. The minimum Gasteiger partial charge on any atom is -0.442 e. The Morgan fingerprint density at radius 2 is 2.06 bits per heavy atom. The van der Waals surface area contributed by atoms with Crippen molar-refractivity contribution < 1.29 is 13.7 Å². The normalized spacial score (nSPS) is 14.7. The summed E-state index contributed by atoms with van der Waals surface area (Å²) in [4.78, 5) is 15.6. The average Bonchev–Trinajstić information content (AvgIpc) is 2.13. The Bertz CT molecular complexity index is 555. The number of halogens is 1. The number of rotatable bonds is 1. The van der Waals surface area contributed by atoms with Crippen LogP contribution in [0.25, 0.3) is 0 Å². The van der Waals surface area contributed by atoms with Crippen LogP contribution in [0.3, 0.4) is 0 Å². The molecule has 1 heterocycles. The van der Waals surface area contributed by atoms with Crippen molar-refractivity contribution in [1.29, 1.82) is 0 Å². The molecule has 100 valence electrons. The van der Waals surface area contributed by atoms with E-state index in [0.29, 0.717) is 4.90 Å². The smallest absolute Gasteiger partial charge is 0.442 e. The Morgan fingerprint density at radius 1 is 1.44 bits per heavy atom. The topological polar surface area (TPSA) is 68.6 Å². The van der Waals surface area contributed by atoms with E-state index in [-0.39, 0.29) is 5.15 Å². The summed E-state index contributed by atoms with van der Waals surface area (Å²) in [6, 6.07) is 3.01. The Hall–Kier alpha value is -1.14. The summed E-state index contributed by atoms with van der Waals surface area (Å²) in [6.07, 6.45) is 1.82. The molecule has 0 saturated carbocycles. The van der Waals surface area contributed by atoms with Crippen LogP contribution < -0.4 is 0 Å². The molecule has 0 radical (unpaired) electrons. The zero-order valence-corrected chi connectivity index (χ0v) is 12.2. The number of aromatic nitrogens is 1. The van der Waals surface area contributed by atoms with Gasteiger partial charge in [-0.2, -0.15) is 0 Å². The minimum atomic E-state index is -2.87.